The number of amides is 1. The molecule has 5 nitrogen and oxygen atoms in total. The van der Waals surface area contributed by atoms with E-state index in [1.54, 1.807) is 6.07 Å². The molecule has 2 heterocycles. The van der Waals surface area contributed by atoms with Crippen LogP contribution in [0.25, 0.3) is 0 Å². The van der Waals surface area contributed by atoms with Crippen molar-refractivity contribution in [2.45, 2.75) is 25.3 Å². The number of rotatable bonds is 2. The fourth-order valence-electron chi connectivity index (χ4n) is 3.42. The third-order valence-electron chi connectivity index (χ3n) is 4.22. The van der Waals surface area contributed by atoms with Gasteiger partial charge >= 0.3 is 5.97 Å². The van der Waals surface area contributed by atoms with E-state index in [9.17, 15) is 14.7 Å². The summed E-state index contributed by atoms with van der Waals surface area (Å²) in [7, 11) is 0. The number of hydrogen-bond acceptors (Lipinski definition) is 3. The van der Waals surface area contributed by atoms with Gasteiger partial charge in [-0.05, 0) is 40.6 Å². The zero-order chi connectivity index (χ0) is 13.6. The average molecular weight is 328 g/mol. The minimum atomic E-state index is -0.898. The molecule has 2 fully saturated rings. The Bertz CT molecular complexity index is 526. The first-order chi connectivity index (χ1) is 9.08. The van der Waals surface area contributed by atoms with E-state index in [0.717, 1.165) is 19.3 Å². The Morgan fingerprint density at radius 3 is 2.84 bits per heavy atom. The molecule has 1 N–H and O–H groups in total. The van der Waals surface area contributed by atoms with Crippen LogP contribution in [-0.4, -0.2) is 34.5 Å². The Morgan fingerprint density at radius 2 is 2.21 bits per heavy atom. The summed E-state index contributed by atoms with van der Waals surface area (Å²) in [5, 5.41) is 9.41. The predicted molar refractivity (Wildman–Crippen MR) is 69.7 cm³/mol. The molecule has 0 spiro atoms. The van der Waals surface area contributed by atoms with Gasteiger partial charge in [-0.3, -0.25) is 4.79 Å². The second kappa shape index (κ2) is 4.67. The van der Waals surface area contributed by atoms with Crippen LogP contribution in [0, 0.1) is 11.8 Å². The minimum Gasteiger partial charge on any atom is -0.480 e. The highest BCUT2D eigenvalue weighted by molar-refractivity contribution is 9.10. The Labute approximate surface area is 118 Å². The summed E-state index contributed by atoms with van der Waals surface area (Å²) >= 11 is 3.15. The molecule has 6 heteroatoms. The number of likely N-dealkylation sites (tertiary alicyclic amines) is 1. The topological polar surface area (TPSA) is 70.8 Å². The zero-order valence-electron chi connectivity index (χ0n) is 10.2. The summed E-state index contributed by atoms with van der Waals surface area (Å²) in [6, 6.07) is 0.892. The van der Waals surface area contributed by atoms with Crippen molar-refractivity contribution in [3.8, 4) is 0 Å². The number of hydrogen-bond donors (Lipinski definition) is 1. The van der Waals surface area contributed by atoms with Crippen LogP contribution in [0.4, 0.5) is 0 Å². The molecule has 1 aliphatic carbocycles. The number of carbonyl (C=O) groups is 2. The van der Waals surface area contributed by atoms with Crippen molar-refractivity contribution in [1.29, 1.82) is 0 Å². The van der Waals surface area contributed by atoms with E-state index in [4.69, 9.17) is 4.42 Å². The van der Waals surface area contributed by atoms with Crippen LogP contribution in [0.15, 0.2) is 21.4 Å². The van der Waals surface area contributed by atoms with Gasteiger partial charge < -0.3 is 14.4 Å². The quantitative estimate of drug-likeness (QED) is 0.905. The number of halogens is 1. The molecule has 0 radical (unpaired) electrons. The number of aliphatic carboxylic acids is 1. The lowest BCUT2D eigenvalue weighted by molar-refractivity contribution is -0.142. The van der Waals surface area contributed by atoms with Crippen molar-refractivity contribution in [2.75, 3.05) is 6.54 Å². The van der Waals surface area contributed by atoms with Gasteiger partial charge in [-0.15, -0.1) is 0 Å². The fraction of sp³-hybridized carbons (Fsp3) is 0.538. The molecule has 1 saturated heterocycles. The third-order valence-corrected chi connectivity index (χ3v) is 4.63. The largest absolute Gasteiger partial charge is 0.480 e. The average Bonchev–Trinajstić information content (AvgIpc) is 3.00. The Balaban J connectivity index is 1.87. The minimum absolute atomic E-state index is 0.108. The lowest BCUT2D eigenvalue weighted by atomic mass is 9.94. The monoisotopic (exact) mass is 327 g/mol. The van der Waals surface area contributed by atoms with E-state index in [2.05, 4.69) is 15.9 Å². The summed E-state index contributed by atoms with van der Waals surface area (Å²) in [6.45, 7) is 0.545. The van der Waals surface area contributed by atoms with Crippen LogP contribution in [0.2, 0.25) is 0 Å². The van der Waals surface area contributed by atoms with Crippen LogP contribution < -0.4 is 0 Å². The molecular weight excluding hydrogens is 314 g/mol. The van der Waals surface area contributed by atoms with E-state index < -0.39 is 12.0 Å². The van der Waals surface area contributed by atoms with Gasteiger partial charge in [-0.25, -0.2) is 4.79 Å². The lowest BCUT2D eigenvalue weighted by Gasteiger charge is -2.23. The van der Waals surface area contributed by atoms with Gasteiger partial charge in [0.15, 0.2) is 4.67 Å². The second-order valence-electron chi connectivity index (χ2n) is 5.23. The third kappa shape index (κ3) is 2.08. The van der Waals surface area contributed by atoms with Gasteiger partial charge in [-0.2, -0.15) is 0 Å². The molecule has 19 heavy (non-hydrogen) atoms. The SMILES string of the molecule is O=C(O)C1C2CCCC2CN1C(=O)c1coc(Br)c1. The van der Waals surface area contributed by atoms with E-state index in [-0.39, 0.29) is 11.8 Å². The van der Waals surface area contributed by atoms with E-state index in [0.29, 0.717) is 22.7 Å². The Kier molecular flexibility index (Phi) is 3.12. The van der Waals surface area contributed by atoms with Gasteiger partial charge in [0.2, 0.25) is 0 Å². The summed E-state index contributed by atoms with van der Waals surface area (Å²) in [6.07, 6.45) is 4.35. The molecule has 1 aliphatic heterocycles. The summed E-state index contributed by atoms with van der Waals surface area (Å²) in [5.41, 5.74) is 0.401. The van der Waals surface area contributed by atoms with Crippen molar-refractivity contribution in [1.82, 2.24) is 4.90 Å². The molecule has 0 bridgehead atoms. The molecular formula is C13H14BrNO4. The number of fused-ring (bicyclic) bond motifs is 1. The Hall–Kier alpha value is -1.30. The van der Waals surface area contributed by atoms with Gasteiger partial charge in [0.25, 0.3) is 5.91 Å². The van der Waals surface area contributed by atoms with Crippen LogP contribution in [0.5, 0.6) is 0 Å². The zero-order valence-corrected chi connectivity index (χ0v) is 11.8. The van der Waals surface area contributed by atoms with Gasteiger partial charge in [0.05, 0.1) is 5.56 Å². The van der Waals surface area contributed by atoms with Gasteiger partial charge in [0.1, 0.15) is 12.3 Å². The van der Waals surface area contributed by atoms with Crippen LogP contribution >= 0.6 is 15.9 Å². The summed E-state index contributed by atoms with van der Waals surface area (Å²) in [5.74, 6) is -0.709. The molecule has 1 aromatic heterocycles. The number of carbonyl (C=O) groups excluding carboxylic acids is 1. The molecule has 1 saturated carbocycles. The first kappa shape index (κ1) is 12.7. The summed E-state index contributed by atoms with van der Waals surface area (Å²) in [4.78, 5) is 25.4. The maximum Gasteiger partial charge on any atom is 0.326 e. The van der Waals surface area contributed by atoms with Crippen molar-refractivity contribution >= 4 is 27.8 Å². The van der Waals surface area contributed by atoms with E-state index in [1.165, 1.54) is 11.2 Å². The van der Waals surface area contributed by atoms with Crippen molar-refractivity contribution < 1.29 is 19.1 Å². The molecule has 2 aliphatic rings. The second-order valence-corrected chi connectivity index (χ2v) is 6.02. The predicted octanol–water partition coefficient (Wildman–Crippen LogP) is 2.37. The highest BCUT2D eigenvalue weighted by atomic mass is 79.9. The number of carboxylic acid groups (broad SMARTS) is 1. The highest BCUT2D eigenvalue weighted by Crippen LogP contribution is 2.42. The molecule has 0 aromatic carbocycles. The maximum atomic E-state index is 12.4. The first-order valence-electron chi connectivity index (χ1n) is 6.35. The molecule has 1 amide bonds. The lowest BCUT2D eigenvalue weighted by Crippen LogP contribution is -2.43. The van der Waals surface area contributed by atoms with Crippen LogP contribution in [0.3, 0.4) is 0 Å². The van der Waals surface area contributed by atoms with E-state index in [1.807, 2.05) is 0 Å². The van der Waals surface area contributed by atoms with Crippen LogP contribution in [0.1, 0.15) is 29.6 Å². The maximum absolute atomic E-state index is 12.4. The smallest absolute Gasteiger partial charge is 0.326 e. The van der Waals surface area contributed by atoms with Crippen molar-refractivity contribution in [2.24, 2.45) is 11.8 Å². The Morgan fingerprint density at radius 1 is 1.42 bits per heavy atom. The number of nitrogens with zero attached hydrogens (tertiary/aromatic N) is 1. The first-order valence-corrected chi connectivity index (χ1v) is 7.15. The molecule has 3 atom stereocenters. The highest BCUT2D eigenvalue weighted by Gasteiger charge is 2.49. The molecule has 102 valence electrons. The standard InChI is InChI=1S/C13H14BrNO4/c14-10-4-8(6-19-10)12(16)15-5-7-2-1-3-9(7)11(15)13(17)18/h4,6-7,9,11H,1-3,5H2,(H,17,18). The summed E-state index contributed by atoms with van der Waals surface area (Å²) < 4.78 is 5.53. The number of carboxylic acids is 1. The van der Waals surface area contributed by atoms with Crippen molar-refractivity contribution in [3.63, 3.8) is 0 Å². The normalized spacial score (nSPS) is 29.5. The van der Waals surface area contributed by atoms with Gasteiger partial charge in [0, 0.05) is 12.6 Å². The number of furan rings is 1. The molecule has 3 unspecified atom stereocenters. The van der Waals surface area contributed by atoms with Crippen molar-refractivity contribution in [3.05, 3.63) is 22.6 Å². The van der Waals surface area contributed by atoms with Crippen LogP contribution in [-0.2, 0) is 4.79 Å². The van der Waals surface area contributed by atoms with E-state index >= 15 is 0 Å². The van der Waals surface area contributed by atoms with Gasteiger partial charge in [-0.1, -0.05) is 6.42 Å². The fourth-order valence-corrected chi connectivity index (χ4v) is 3.76. The molecule has 3 rings (SSSR count). The molecule has 1 aromatic rings.